The standard InChI is InChI=1S/C16H14N4O3/c1-17-15-10-16(21)19(11-5-3-2-4-6-11)14-9-12(20(22)23)7-8-13(14)18-15/h2-9H,10H2,1H3,(H,17,18). The summed E-state index contributed by atoms with van der Waals surface area (Å²) in [7, 11) is 1.60. The second kappa shape index (κ2) is 5.88. The van der Waals surface area contributed by atoms with Crippen LogP contribution in [0.15, 0.2) is 53.5 Å². The minimum Gasteiger partial charge on any atom is -0.342 e. The summed E-state index contributed by atoms with van der Waals surface area (Å²) in [4.78, 5) is 28.8. The number of benzene rings is 2. The maximum atomic E-state index is 12.7. The molecule has 0 aliphatic carbocycles. The molecule has 0 radical (unpaired) electrons. The number of nitro groups is 1. The third kappa shape index (κ3) is 2.76. The Hall–Kier alpha value is -3.22. The van der Waals surface area contributed by atoms with Gasteiger partial charge in [0, 0.05) is 24.9 Å². The van der Waals surface area contributed by atoms with E-state index >= 15 is 0 Å². The fraction of sp³-hybridized carbons (Fsp3) is 0.125. The molecule has 1 heterocycles. The molecule has 0 saturated carbocycles. The number of non-ortho nitro benzene ring substituents is 1. The monoisotopic (exact) mass is 310 g/mol. The Kier molecular flexibility index (Phi) is 3.76. The zero-order valence-corrected chi connectivity index (χ0v) is 12.4. The predicted octanol–water partition coefficient (Wildman–Crippen LogP) is 3.10. The van der Waals surface area contributed by atoms with Crippen LogP contribution < -0.4 is 10.2 Å². The van der Waals surface area contributed by atoms with Crippen molar-refractivity contribution < 1.29 is 9.72 Å². The quantitative estimate of drug-likeness (QED) is 0.682. The summed E-state index contributed by atoms with van der Waals surface area (Å²) >= 11 is 0. The van der Waals surface area contributed by atoms with Crippen molar-refractivity contribution in [3.05, 3.63) is 58.6 Å². The summed E-state index contributed by atoms with van der Waals surface area (Å²) < 4.78 is 0. The van der Waals surface area contributed by atoms with Gasteiger partial charge in [0.1, 0.15) is 5.84 Å². The first-order chi connectivity index (χ1) is 11.1. The molecule has 23 heavy (non-hydrogen) atoms. The number of carbonyl (C=O) groups excluding carboxylic acids is 1. The molecule has 3 rings (SSSR count). The summed E-state index contributed by atoms with van der Waals surface area (Å²) in [6.45, 7) is 0. The van der Waals surface area contributed by atoms with E-state index in [4.69, 9.17) is 0 Å². The number of hydrogen-bond acceptors (Lipinski definition) is 4. The van der Waals surface area contributed by atoms with Gasteiger partial charge in [-0.05, 0) is 18.2 Å². The van der Waals surface area contributed by atoms with Gasteiger partial charge in [-0.15, -0.1) is 0 Å². The van der Waals surface area contributed by atoms with Gasteiger partial charge in [0.05, 0.1) is 22.7 Å². The van der Waals surface area contributed by atoms with Crippen LogP contribution in [0.1, 0.15) is 6.42 Å². The van der Waals surface area contributed by atoms with Crippen LogP contribution in [0, 0.1) is 10.1 Å². The van der Waals surface area contributed by atoms with Crippen LogP contribution in [0.5, 0.6) is 0 Å². The minimum atomic E-state index is -0.479. The first-order valence-electron chi connectivity index (χ1n) is 6.99. The summed E-state index contributed by atoms with van der Waals surface area (Å²) in [6, 6.07) is 13.4. The Morgan fingerprint density at radius 2 is 1.96 bits per heavy atom. The second-order valence-corrected chi connectivity index (χ2v) is 5.00. The zero-order valence-electron chi connectivity index (χ0n) is 12.4. The lowest BCUT2D eigenvalue weighted by molar-refractivity contribution is -0.384. The molecule has 0 unspecified atom stereocenters. The molecule has 0 aromatic heterocycles. The number of aliphatic imine (C=N–C) groups is 1. The van der Waals surface area contributed by atoms with E-state index < -0.39 is 4.92 Å². The summed E-state index contributed by atoms with van der Waals surface area (Å²) in [5, 5.41) is 14.1. The van der Waals surface area contributed by atoms with Crippen LogP contribution in [-0.2, 0) is 4.79 Å². The number of hydrogen-bond donors (Lipinski definition) is 1. The largest absolute Gasteiger partial charge is 0.342 e. The van der Waals surface area contributed by atoms with Gasteiger partial charge in [-0.1, -0.05) is 18.2 Å². The van der Waals surface area contributed by atoms with Gasteiger partial charge in [-0.3, -0.25) is 24.8 Å². The van der Waals surface area contributed by atoms with Gasteiger partial charge < -0.3 is 5.32 Å². The maximum Gasteiger partial charge on any atom is 0.271 e. The van der Waals surface area contributed by atoms with Crippen molar-refractivity contribution in [1.82, 2.24) is 0 Å². The molecule has 1 N–H and O–H groups in total. The Balaban J connectivity index is 2.21. The van der Waals surface area contributed by atoms with Gasteiger partial charge in [0.2, 0.25) is 5.91 Å². The number of para-hydroxylation sites is 1. The molecule has 116 valence electrons. The van der Waals surface area contributed by atoms with Crippen molar-refractivity contribution in [2.24, 2.45) is 4.99 Å². The number of nitro benzene ring substituents is 1. The highest BCUT2D eigenvalue weighted by atomic mass is 16.6. The molecule has 1 aliphatic rings. The number of nitrogens with zero attached hydrogens (tertiary/aromatic N) is 3. The third-order valence-corrected chi connectivity index (χ3v) is 3.56. The molecule has 0 saturated heterocycles. The van der Waals surface area contributed by atoms with Gasteiger partial charge >= 0.3 is 0 Å². The Labute approximate surface area is 132 Å². The average Bonchev–Trinajstić information content (AvgIpc) is 2.70. The number of nitrogens with one attached hydrogen (secondary N) is 1. The highest BCUT2D eigenvalue weighted by Gasteiger charge is 2.28. The van der Waals surface area contributed by atoms with Crippen molar-refractivity contribution in [3.8, 4) is 0 Å². The highest BCUT2D eigenvalue weighted by Crippen LogP contribution is 2.37. The average molecular weight is 310 g/mol. The van der Waals surface area contributed by atoms with Crippen molar-refractivity contribution in [2.75, 3.05) is 17.3 Å². The van der Waals surface area contributed by atoms with E-state index in [2.05, 4.69) is 10.3 Å². The van der Waals surface area contributed by atoms with Crippen molar-refractivity contribution in [2.45, 2.75) is 6.42 Å². The zero-order chi connectivity index (χ0) is 16.4. The normalized spacial score (nSPS) is 15.8. The van der Waals surface area contributed by atoms with E-state index in [1.54, 1.807) is 25.2 Å². The molecule has 0 spiro atoms. The van der Waals surface area contributed by atoms with E-state index in [1.807, 2.05) is 18.2 Å². The Morgan fingerprint density at radius 3 is 2.61 bits per heavy atom. The summed E-state index contributed by atoms with van der Waals surface area (Å²) in [5.41, 5.74) is 1.62. The lowest BCUT2D eigenvalue weighted by atomic mass is 10.2. The lowest BCUT2D eigenvalue weighted by Gasteiger charge is -2.22. The van der Waals surface area contributed by atoms with Crippen LogP contribution in [0.25, 0.3) is 0 Å². The number of carbonyl (C=O) groups is 1. The number of rotatable bonds is 2. The molecule has 2 aromatic rings. The highest BCUT2D eigenvalue weighted by molar-refractivity contribution is 6.19. The number of fused-ring (bicyclic) bond motifs is 1. The first-order valence-corrected chi connectivity index (χ1v) is 6.99. The molecular weight excluding hydrogens is 296 g/mol. The van der Waals surface area contributed by atoms with Crippen molar-refractivity contribution >= 4 is 34.5 Å². The van der Waals surface area contributed by atoms with E-state index in [9.17, 15) is 14.9 Å². The smallest absolute Gasteiger partial charge is 0.271 e. The molecule has 0 bridgehead atoms. The van der Waals surface area contributed by atoms with E-state index in [0.717, 1.165) is 0 Å². The van der Waals surface area contributed by atoms with E-state index in [1.165, 1.54) is 17.0 Å². The third-order valence-electron chi connectivity index (χ3n) is 3.56. The topological polar surface area (TPSA) is 87.8 Å². The van der Waals surface area contributed by atoms with Gasteiger partial charge in [0.25, 0.3) is 5.69 Å². The summed E-state index contributed by atoms with van der Waals surface area (Å²) in [6.07, 6.45) is 0.0911. The maximum absolute atomic E-state index is 12.7. The Bertz CT molecular complexity index is 802. The molecule has 1 aliphatic heterocycles. The molecular formula is C16H14N4O3. The second-order valence-electron chi connectivity index (χ2n) is 5.00. The van der Waals surface area contributed by atoms with E-state index in [-0.39, 0.29) is 18.0 Å². The molecule has 7 nitrogen and oxygen atoms in total. The molecule has 2 aromatic carbocycles. The van der Waals surface area contributed by atoms with Gasteiger partial charge in [0.15, 0.2) is 0 Å². The van der Waals surface area contributed by atoms with Crippen molar-refractivity contribution in [3.63, 3.8) is 0 Å². The number of amidine groups is 1. The molecule has 0 atom stereocenters. The van der Waals surface area contributed by atoms with Crippen LogP contribution >= 0.6 is 0 Å². The lowest BCUT2D eigenvalue weighted by Crippen LogP contribution is -2.26. The Morgan fingerprint density at radius 1 is 1.22 bits per heavy atom. The fourth-order valence-corrected chi connectivity index (χ4v) is 2.48. The van der Waals surface area contributed by atoms with E-state index in [0.29, 0.717) is 22.9 Å². The summed E-state index contributed by atoms with van der Waals surface area (Å²) in [5.74, 6) is 0.312. The van der Waals surface area contributed by atoms with Crippen LogP contribution in [0.2, 0.25) is 0 Å². The molecule has 7 heteroatoms. The fourth-order valence-electron chi connectivity index (χ4n) is 2.48. The van der Waals surface area contributed by atoms with Gasteiger partial charge in [-0.2, -0.15) is 0 Å². The van der Waals surface area contributed by atoms with Crippen LogP contribution in [0.4, 0.5) is 22.7 Å². The number of amides is 1. The molecule has 0 fully saturated rings. The van der Waals surface area contributed by atoms with Gasteiger partial charge in [-0.25, -0.2) is 0 Å². The minimum absolute atomic E-state index is 0.0730. The van der Waals surface area contributed by atoms with Crippen LogP contribution in [-0.4, -0.2) is 23.7 Å². The number of anilines is 3. The first kappa shape index (κ1) is 14.7. The SMILES string of the molecule is CN=C1CC(=O)N(c2ccccc2)c2cc([N+](=O)[O-])ccc2N1. The van der Waals surface area contributed by atoms with Crippen LogP contribution in [0.3, 0.4) is 0 Å². The predicted molar refractivity (Wildman–Crippen MR) is 88.3 cm³/mol. The van der Waals surface area contributed by atoms with Crippen molar-refractivity contribution in [1.29, 1.82) is 0 Å². The molecule has 1 amide bonds.